The van der Waals surface area contributed by atoms with E-state index in [1.807, 2.05) is 6.08 Å². The Balaban J connectivity index is 2.17. The van der Waals surface area contributed by atoms with Gasteiger partial charge in [0.25, 0.3) is 0 Å². The van der Waals surface area contributed by atoms with Gasteiger partial charge in [-0.3, -0.25) is 0 Å². The summed E-state index contributed by atoms with van der Waals surface area (Å²) in [6, 6.07) is 0. The summed E-state index contributed by atoms with van der Waals surface area (Å²) in [6.45, 7) is 9.27. The summed E-state index contributed by atoms with van der Waals surface area (Å²) in [5, 5.41) is 6.88. The molecular formula is C9H18N2. The molecule has 2 nitrogen and oxygen atoms in total. The van der Waals surface area contributed by atoms with E-state index in [1.54, 1.807) is 0 Å². The van der Waals surface area contributed by atoms with Crippen molar-refractivity contribution in [1.82, 2.24) is 10.6 Å². The first kappa shape index (κ1) is 8.75. The minimum atomic E-state index is 0.336. The van der Waals surface area contributed by atoms with E-state index in [9.17, 15) is 0 Å². The molecule has 1 fully saturated rings. The summed E-state index contributed by atoms with van der Waals surface area (Å²) in [5.74, 6) is 0. The summed E-state index contributed by atoms with van der Waals surface area (Å²) in [6.07, 6.45) is 4.26. The number of hydrogen-bond donors (Lipinski definition) is 2. The first-order valence-corrected chi connectivity index (χ1v) is 4.33. The van der Waals surface area contributed by atoms with E-state index in [-0.39, 0.29) is 0 Å². The van der Waals surface area contributed by atoms with E-state index < -0.39 is 0 Å². The second kappa shape index (κ2) is 3.88. The Labute approximate surface area is 69.1 Å². The van der Waals surface area contributed by atoms with Gasteiger partial charge in [0.05, 0.1) is 0 Å². The fraction of sp³-hybridized carbons (Fsp3) is 0.778. The molecule has 1 rings (SSSR count). The molecular weight excluding hydrogens is 136 g/mol. The van der Waals surface area contributed by atoms with Crippen LogP contribution in [-0.4, -0.2) is 25.2 Å². The standard InChI is InChI=1S/C9H18N2/c1-3-4-6-11-9(2)5-7-10-8-9/h3,10-11H,1,4-8H2,2H3. The smallest absolute Gasteiger partial charge is 0.0290 e. The molecule has 0 saturated carbocycles. The molecule has 1 saturated heterocycles. The van der Waals surface area contributed by atoms with Crippen LogP contribution in [0.2, 0.25) is 0 Å². The van der Waals surface area contributed by atoms with E-state index in [0.717, 1.165) is 26.1 Å². The topological polar surface area (TPSA) is 24.1 Å². The molecule has 11 heavy (non-hydrogen) atoms. The van der Waals surface area contributed by atoms with Crippen molar-refractivity contribution in [3.8, 4) is 0 Å². The molecule has 1 unspecified atom stereocenters. The Hall–Kier alpha value is -0.340. The first-order valence-electron chi connectivity index (χ1n) is 4.33. The average Bonchev–Trinajstić information content (AvgIpc) is 2.38. The second-order valence-electron chi connectivity index (χ2n) is 3.49. The van der Waals surface area contributed by atoms with Crippen LogP contribution in [0.25, 0.3) is 0 Å². The quantitative estimate of drug-likeness (QED) is 0.464. The lowest BCUT2D eigenvalue weighted by Gasteiger charge is -2.24. The van der Waals surface area contributed by atoms with Crippen molar-refractivity contribution in [3.63, 3.8) is 0 Å². The Morgan fingerprint density at radius 3 is 3.09 bits per heavy atom. The maximum Gasteiger partial charge on any atom is 0.0290 e. The third-order valence-corrected chi connectivity index (χ3v) is 2.27. The second-order valence-corrected chi connectivity index (χ2v) is 3.49. The highest BCUT2D eigenvalue weighted by Gasteiger charge is 2.26. The maximum atomic E-state index is 3.69. The Bertz CT molecular complexity index is 126. The number of hydrogen-bond acceptors (Lipinski definition) is 2. The Morgan fingerprint density at radius 1 is 1.73 bits per heavy atom. The highest BCUT2D eigenvalue weighted by Crippen LogP contribution is 2.12. The van der Waals surface area contributed by atoms with Crippen molar-refractivity contribution >= 4 is 0 Å². The van der Waals surface area contributed by atoms with Gasteiger partial charge < -0.3 is 10.6 Å². The van der Waals surface area contributed by atoms with Gasteiger partial charge in [-0.25, -0.2) is 0 Å². The molecule has 0 aromatic rings. The summed E-state index contributed by atoms with van der Waals surface area (Å²) in [5.41, 5.74) is 0.336. The van der Waals surface area contributed by atoms with Crippen molar-refractivity contribution in [2.24, 2.45) is 0 Å². The van der Waals surface area contributed by atoms with Crippen molar-refractivity contribution in [2.45, 2.75) is 25.3 Å². The van der Waals surface area contributed by atoms with Gasteiger partial charge in [-0.15, -0.1) is 6.58 Å². The molecule has 0 aliphatic carbocycles. The minimum Gasteiger partial charge on any atom is -0.315 e. The van der Waals surface area contributed by atoms with Gasteiger partial charge in [0.2, 0.25) is 0 Å². The lowest BCUT2D eigenvalue weighted by atomic mass is 10.0. The van der Waals surface area contributed by atoms with E-state index in [4.69, 9.17) is 0 Å². The summed E-state index contributed by atoms with van der Waals surface area (Å²) < 4.78 is 0. The van der Waals surface area contributed by atoms with Crippen LogP contribution < -0.4 is 10.6 Å². The lowest BCUT2D eigenvalue weighted by molar-refractivity contribution is 0.392. The zero-order chi connectivity index (χ0) is 8.16. The van der Waals surface area contributed by atoms with Crippen LogP contribution in [0, 0.1) is 0 Å². The molecule has 0 aromatic carbocycles. The van der Waals surface area contributed by atoms with Gasteiger partial charge in [0.1, 0.15) is 0 Å². The van der Waals surface area contributed by atoms with Gasteiger partial charge in [0.15, 0.2) is 0 Å². The lowest BCUT2D eigenvalue weighted by Crippen LogP contribution is -2.44. The van der Waals surface area contributed by atoms with E-state index in [0.29, 0.717) is 5.54 Å². The van der Waals surface area contributed by atoms with Crippen LogP contribution in [0.3, 0.4) is 0 Å². The van der Waals surface area contributed by atoms with Gasteiger partial charge in [-0.05, 0) is 32.9 Å². The zero-order valence-corrected chi connectivity index (χ0v) is 7.32. The van der Waals surface area contributed by atoms with Gasteiger partial charge in [-0.1, -0.05) is 6.08 Å². The predicted octanol–water partition coefficient (Wildman–Crippen LogP) is 0.904. The molecule has 0 bridgehead atoms. The molecule has 64 valence electrons. The average molecular weight is 154 g/mol. The van der Waals surface area contributed by atoms with Crippen LogP contribution in [0.15, 0.2) is 12.7 Å². The summed E-state index contributed by atoms with van der Waals surface area (Å²) in [7, 11) is 0. The summed E-state index contributed by atoms with van der Waals surface area (Å²) >= 11 is 0. The van der Waals surface area contributed by atoms with Crippen LogP contribution in [0.5, 0.6) is 0 Å². The van der Waals surface area contributed by atoms with Crippen LogP contribution >= 0.6 is 0 Å². The van der Waals surface area contributed by atoms with Crippen molar-refractivity contribution in [3.05, 3.63) is 12.7 Å². The van der Waals surface area contributed by atoms with Crippen LogP contribution in [0.4, 0.5) is 0 Å². The van der Waals surface area contributed by atoms with E-state index in [2.05, 4.69) is 24.1 Å². The molecule has 2 N–H and O–H groups in total. The molecule has 0 aromatic heterocycles. The highest BCUT2D eigenvalue weighted by molar-refractivity contribution is 4.91. The van der Waals surface area contributed by atoms with Crippen LogP contribution in [-0.2, 0) is 0 Å². The predicted molar refractivity (Wildman–Crippen MR) is 48.7 cm³/mol. The van der Waals surface area contributed by atoms with Gasteiger partial charge >= 0.3 is 0 Å². The SMILES string of the molecule is C=CCCNC1(C)CCNC1. The van der Waals surface area contributed by atoms with Crippen molar-refractivity contribution in [1.29, 1.82) is 0 Å². The van der Waals surface area contributed by atoms with Crippen LogP contribution in [0.1, 0.15) is 19.8 Å². The molecule has 1 aliphatic heterocycles. The number of rotatable bonds is 4. The fourth-order valence-corrected chi connectivity index (χ4v) is 1.44. The van der Waals surface area contributed by atoms with E-state index in [1.165, 1.54) is 6.42 Å². The third-order valence-electron chi connectivity index (χ3n) is 2.27. The normalized spacial score (nSPS) is 30.6. The molecule has 0 radical (unpaired) electrons. The largest absolute Gasteiger partial charge is 0.315 e. The molecule has 1 atom stereocenters. The highest BCUT2D eigenvalue weighted by atomic mass is 15.1. The molecule has 0 spiro atoms. The molecule has 2 heteroatoms. The Morgan fingerprint density at radius 2 is 2.55 bits per heavy atom. The number of nitrogens with one attached hydrogen (secondary N) is 2. The molecule has 1 aliphatic rings. The van der Waals surface area contributed by atoms with E-state index >= 15 is 0 Å². The Kier molecular flexibility index (Phi) is 3.09. The molecule has 1 heterocycles. The monoisotopic (exact) mass is 154 g/mol. The van der Waals surface area contributed by atoms with Gasteiger partial charge in [0, 0.05) is 12.1 Å². The zero-order valence-electron chi connectivity index (χ0n) is 7.32. The van der Waals surface area contributed by atoms with Gasteiger partial charge in [-0.2, -0.15) is 0 Å². The first-order chi connectivity index (χ1) is 5.27. The minimum absolute atomic E-state index is 0.336. The van der Waals surface area contributed by atoms with Crippen molar-refractivity contribution < 1.29 is 0 Å². The summed E-state index contributed by atoms with van der Waals surface area (Å²) in [4.78, 5) is 0. The van der Waals surface area contributed by atoms with Crippen molar-refractivity contribution in [2.75, 3.05) is 19.6 Å². The third kappa shape index (κ3) is 2.64. The maximum absolute atomic E-state index is 3.69. The fourth-order valence-electron chi connectivity index (χ4n) is 1.44. The molecule has 0 amide bonds.